The molecule has 2 N–H and O–H groups in total. The van der Waals surface area contributed by atoms with E-state index >= 15 is 0 Å². The Hall–Kier alpha value is -2.78. The standard InChI is InChI=1S/C22H26FN3O4S/c1-16-5-4-6-18(15-16)25-22(28)21(27)24-13-12-19-7-2-3-14-26(19)31(29,30)20-10-8-17(23)9-11-20/h4-6,8-11,15,19H,2-3,7,12-14H2,1H3,(H,24,27)(H,25,28)/t19-/m1/s1. The van der Waals surface area contributed by atoms with Gasteiger partial charge in [0, 0.05) is 24.8 Å². The van der Waals surface area contributed by atoms with Gasteiger partial charge in [0.1, 0.15) is 5.82 Å². The molecule has 1 heterocycles. The highest BCUT2D eigenvalue weighted by molar-refractivity contribution is 7.89. The van der Waals surface area contributed by atoms with Gasteiger partial charge in [0.15, 0.2) is 0 Å². The number of halogens is 1. The molecule has 0 aromatic heterocycles. The first-order valence-corrected chi connectivity index (χ1v) is 11.6. The molecule has 0 saturated carbocycles. The molecule has 3 rings (SSSR count). The van der Waals surface area contributed by atoms with E-state index in [-0.39, 0.29) is 17.5 Å². The second-order valence-corrected chi connectivity index (χ2v) is 9.48. The lowest BCUT2D eigenvalue weighted by Gasteiger charge is -2.34. The van der Waals surface area contributed by atoms with E-state index in [1.807, 2.05) is 13.0 Å². The molecular weight excluding hydrogens is 421 g/mol. The van der Waals surface area contributed by atoms with Gasteiger partial charge in [0.2, 0.25) is 10.0 Å². The van der Waals surface area contributed by atoms with Gasteiger partial charge in [-0.05, 0) is 68.1 Å². The molecule has 1 fully saturated rings. The largest absolute Gasteiger partial charge is 0.348 e. The van der Waals surface area contributed by atoms with Crippen LogP contribution in [0.25, 0.3) is 0 Å². The van der Waals surface area contributed by atoms with Crippen molar-refractivity contribution >= 4 is 27.5 Å². The number of aryl methyl sites for hydroxylation is 1. The van der Waals surface area contributed by atoms with Gasteiger partial charge in [-0.2, -0.15) is 4.31 Å². The summed E-state index contributed by atoms with van der Waals surface area (Å²) in [4.78, 5) is 24.2. The first-order chi connectivity index (χ1) is 14.8. The SMILES string of the molecule is Cc1cccc(NC(=O)C(=O)NCC[C@H]2CCCCN2S(=O)(=O)c2ccc(F)cc2)c1. The van der Waals surface area contributed by atoms with E-state index in [1.165, 1.54) is 16.4 Å². The Morgan fingerprint density at radius 1 is 1.10 bits per heavy atom. The third-order valence-electron chi connectivity index (χ3n) is 5.24. The predicted octanol–water partition coefficient (Wildman–Crippen LogP) is 2.82. The zero-order valence-corrected chi connectivity index (χ0v) is 18.1. The van der Waals surface area contributed by atoms with Crippen molar-refractivity contribution in [1.29, 1.82) is 0 Å². The number of carbonyl (C=O) groups excluding carboxylic acids is 2. The molecule has 0 spiro atoms. The Morgan fingerprint density at radius 2 is 1.84 bits per heavy atom. The van der Waals surface area contributed by atoms with Gasteiger partial charge in [0.25, 0.3) is 0 Å². The summed E-state index contributed by atoms with van der Waals surface area (Å²) < 4.78 is 40.6. The van der Waals surface area contributed by atoms with Crippen molar-refractivity contribution in [2.24, 2.45) is 0 Å². The van der Waals surface area contributed by atoms with Crippen molar-refractivity contribution in [3.05, 3.63) is 59.9 Å². The molecular formula is C22H26FN3O4S. The zero-order valence-electron chi connectivity index (χ0n) is 17.3. The number of hydrogen-bond acceptors (Lipinski definition) is 4. The zero-order chi connectivity index (χ0) is 22.4. The first kappa shape index (κ1) is 22.9. The molecule has 166 valence electrons. The minimum atomic E-state index is -3.77. The van der Waals surface area contributed by atoms with Crippen molar-refractivity contribution in [2.75, 3.05) is 18.4 Å². The van der Waals surface area contributed by atoms with Gasteiger partial charge in [-0.3, -0.25) is 9.59 Å². The maximum atomic E-state index is 13.2. The summed E-state index contributed by atoms with van der Waals surface area (Å²) in [6, 6.07) is 11.6. The molecule has 1 aliphatic heterocycles. The van der Waals surface area contributed by atoms with E-state index in [4.69, 9.17) is 0 Å². The summed E-state index contributed by atoms with van der Waals surface area (Å²) in [6.07, 6.45) is 2.65. The van der Waals surface area contributed by atoms with Gasteiger partial charge in [-0.25, -0.2) is 12.8 Å². The molecule has 0 aliphatic carbocycles. The van der Waals surface area contributed by atoms with Crippen LogP contribution < -0.4 is 10.6 Å². The van der Waals surface area contributed by atoms with Crippen LogP contribution in [0, 0.1) is 12.7 Å². The van der Waals surface area contributed by atoms with Crippen LogP contribution in [0.3, 0.4) is 0 Å². The van der Waals surface area contributed by atoms with Crippen LogP contribution in [-0.2, 0) is 19.6 Å². The van der Waals surface area contributed by atoms with E-state index in [9.17, 15) is 22.4 Å². The van der Waals surface area contributed by atoms with Gasteiger partial charge < -0.3 is 10.6 Å². The fourth-order valence-electron chi connectivity index (χ4n) is 3.66. The molecule has 9 heteroatoms. The second-order valence-electron chi connectivity index (χ2n) is 7.59. The highest BCUT2D eigenvalue weighted by Gasteiger charge is 2.33. The van der Waals surface area contributed by atoms with E-state index in [0.29, 0.717) is 25.1 Å². The van der Waals surface area contributed by atoms with Crippen LogP contribution in [0.15, 0.2) is 53.4 Å². The lowest BCUT2D eigenvalue weighted by atomic mass is 10.0. The predicted molar refractivity (Wildman–Crippen MR) is 115 cm³/mol. The molecule has 0 bridgehead atoms. The van der Waals surface area contributed by atoms with Crippen molar-refractivity contribution < 1.29 is 22.4 Å². The number of sulfonamides is 1. The number of benzene rings is 2. The summed E-state index contributed by atoms with van der Waals surface area (Å²) in [5.74, 6) is -2.05. The van der Waals surface area contributed by atoms with Gasteiger partial charge in [-0.15, -0.1) is 0 Å². The summed E-state index contributed by atoms with van der Waals surface area (Å²) >= 11 is 0. The van der Waals surface area contributed by atoms with Crippen LogP contribution in [0.4, 0.5) is 10.1 Å². The van der Waals surface area contributed by atoms with Crippen LogP contribution in [-0.4, -0.2) is 43.7 Å². The van der Waals surface area contributed by atoms with Crippen molar-refractivity contribution in [3.63, 3.8) is 0 Å². The van der Waals surface area contributed by atoms with Gasteiger partial charge in [-0.1, -0.05) is 18.6 Å². The lowest BCUT2D eigenvalue weighted by Crippen LogP contribution is -2.45. The molecule has 1 saturated heterocycles. The Bertz CT molecular complexity index is 1040. The van der Waals surface area contributed by atoms with Crippen LogP contribution in [0.5, 0.6) is 0 Å². The van der Waals surface area contributed by atoms with Crippen LogP contribution in [0.1, 0.15) is 31.2 Å². The Morgan fingerprint density at radius 3 is 2.55 bits per heavy atom. The van der Waals surface area contributed by atoms with Crippen molar-refractivity contribution in [2.45, 2.75) is 43.5 Å². The summed E-state index contributed by atoms with van der Waals surface area (Å²) in [7, 11) is -3.77. The van der Waals surface area contributed by atoms with E-state index in [2.05, 4.69) is 10.6 Å². The van der Waals surface area contributed by atoms with Crippen LogP contribution in [0.2, 0.25) is 0 Å². The molecule has 0 unspecified atom stereocenters. The molecule has 2 amide bonds. The maximum absolute atomic E-state index is 13.2. The number of piperidine rings is 1. The number of anilines is 1. The fraction of sp³-hybridized carbons (Fsp3) is 0.364. The number of nitrogens with one attached hydrogen (secondary N) is 2. The number of carbonyl (C=O) groups is 2. The van der Waals surface area contributed by atoms with Crippen molar-refractivity contribution in [3.8, 4) is 0 Å². The number of nitrogens with zero attached hydrogens (tertiary/aromatic N) is 1. The third-order valence-corrected chi connectivity index (χ3v) is 7.20. The fourth-order valence-corrected chi connectivity index (χ4v) is 5.39. The molecule has 0 radical (unpaired) electrons. The molecule has 1 atom stereocenters. The topological polar surface area (TPSA) is 95.6 Å². The Kier molecular flexibility index (Phi) is 7.40. The van der Waals surface area contributed by atoms with E-state index in [0.717, 1.165) is 30.5 Å². The van der Waals surface area contributed by atoms with Gasteiger partial charge in [0.05, 0.1) is 4.90 Å². The number of hydrogen-bond donors (Lipinski definition) is 2. The average molecular weight is 448 g/mol. The van der Waals surface area contributed by atoms with E-state index < -0.39 is 27.7 Å². The molecule has 7 nitrogen and oxygen atoms in total. The first-order valence-electron chi connectivity index (χ1n) is 10.2. The van der Waals surface area contributed by atoms with Crippen molar-refractivity contribution in [1.82, 2.24) is 9.62 Å². The summed E-state index contributed by atoms with van der Waals surface area (Å²) in [6.45, 7) is 2.41. The average Bonchev–Trinajstić information content (AvgIpc) is 2.74. The minimum Gasteiger partial charge on any atom is -0.348 e. The Balaban J connectivity index is 1.57. The quantitative estimate of drug-likeness (QED) is 0.666. The molecule has 2 aromatic carbocycles. The summed E-state index contributed by atoms with van der Waals surface area (Å²) in [5, 5.41) is 5.10. The monoisotopic (exact) mass is 447 g/mol. The summed E-state index contributed by atoms with van der Waals surface area (Å²) in [5.41, 5.74) is 1.49. The smallest absolute Gasteiger partial charge is 0.313 e. The van der Waals surface area contributed by atoms with Gasteiger partial charge >= 0.3 is 11.8 Å². The Labute approximate surface area is 181 Å². The van der Waals surface area contributed by atoms with E-state index in [1.54, 1.807) is 18.2 Å². The highest BCUT2D eigenvalue weighted by Crippen LogP contribution is 2.27. The highest BCUT2D eigenvalue weighted by atomic mass is 32.2. The normalized spacial score (nSPS) is 17.2. The molecule has 31 heavy (non-hydrogen) atoms. The maximum Gasteiger partial charge on any atom is 0.313 e. The molecule has 2 aromatic rings. The lowest BCUT2D eigenvalue weighted by molar-refractivity contribution is -0.136. The number of rotatable bonds is 6. The second kappa shape index (κ2) is 10.0. The third kappa shape index (κ3) is 5.89. The minimum absolute atomic E-state index is 0.0439. The van der Waals surface area contributed by atoms with Crippen LogP contribution >= 0.6 is 0 Å². The number of amides is 2. The molecule has 1 aliphatic rings.